The lowest BCUT2D eigenvalue weighted by Crippen LogP contribution is -2.52. The maximum absolute atomic E-state index is 12.4. The molecule has 0 saturated carbocycles. The lowest BCUT2D eigenvalue weighted by molar-refractivity contribution is -0.144. The Morgan fingerprint density at radius 2 is 1.31 bits per heavy atom. The minimum Gasteiger partial charge on any atom is -0.480 e. The van der Waals surface area contributed by atoms with Crippen LogP contribution in [0.1, 0.15) is 86.1 Å². The van der Waals surface area contributed by atoms with Gasteiger partial charge in [-0.05, 0) is 62.6 Å². The summed E-state index contributed by atoms with van der Waals surface area (Å²) in [6, 6.07) is 4.14. The van der Waals surface area contributed by atoms with Gasteiger partial charge in [-0.1, -0.05) is 47.1 Å². The summed E-state index contributed by atoms with van der Waals surface area (Å²) in [5, 5.41) is 9.96. The van der Waals surface area contributed by atoms with E-state index in [1.54, 1.807) is 6.92 Å². The lowest BCUT2D eigenvalue weighted by atomic mass is 9.86. The highest BCUT2D eigenvalue weighted by Crippen LogP contribution is 2.31. The maximum Gasteiger partial charge on any atom is 0.513 e. The Balaban J connectivity index is 3.10. The minimum atomic E-state index is -1.87. The van der Waals surface area contributed by atoms with E-state index in [4.69, 9.17) is 34.2 Å². The third-order valence-electron chi connectivity index (χ3n) is 6.11. The van der Waals surface area contributed by atoms with Crippen LogP contribution in [0.5, 0.6) is 11.5 Å². The van der Waals surface area contributed by atoms with Crippen LogP contribution < -0.4 is 15.2 Å². The molecule has 0 fully saturated rings. The maximum atomic E-state index is 12.4. The normalized spacial score (nSPS) is 14.0. The van der Waals surface area contributed by atoms with Gasteiger partial charge in [-0.3, -0.25) is 4.79 Å². The zero-order chi connectivity index (χ0) is 31.9. The number of carbonyl (C=O) groups is 4. The van der Waals surface area contributed by atoms with Crippen molar-refractivity contribution < 1.29 is 52.7 Å². The molecule has 12 heteroatoms. The molecule has 0 heterocycles. The molecule has 0 aliphatic rings. The second-order valence-corrected chi connectivity index (χ2v) is 11.3. The first kappa shape index (κ1) is 36.5. The van der Waals surface area contributed by atoms with Gasteiger partial charge < -0.3 is 39.3 Å². The van der Waals surface area contributed by atoms with Crippen molar-refractivity contribution in [2.75, 3.05) is 13.2 Å². The summed E-state index contributed by atoms with van der Waals surface area (Å²) in [5.41, 5.74) is 4.74. The second-order valence-electron chi connectivity index (χ2n) is 11.3. The standard InChI is InChI=1S/C30H47NO11/c1-8-9-21(6)39-29(36)40-22(7)17-30(31,26(32)33)18-23-10-11-24(41-27(34)37-14-12-19(2)3)25(16-23)42-28(35)38-15-13-20(4)5/h10-11,16,19-22H,8-9,12-15,17-18,31H2,1-7H3,(H,32,33)/t21?,22-,30?/m0/s1. The summed E-state index contributed by atoms with van der Waals surface area (Å²) in [6.07, 6.45) is -1.93. The van der Waals surface area contributed by atoms with Gasteiger partial charge in [0.2, 0.25) is 0 Å². The fourth-order valence-corrected chi connectivity index (χ4v) is 3.80. The van der Waals surface area contributed by atoms with Crippen LogP contribution in [0, 0.1) is 11.8 Å². The number of rotatable bonds is 17. The van der Waals surface area contributed by atoms with E-state index in [1.807, 2.05) is 34.6 Å². The predicted octanol–water partition coefficient (Wildman–Crippen LogP) is 6.25. The van der Waals surface area contributed by atoms with E-state index in [-0.39, 0.29) is 43.7 Å². The smallest absolute Gasteiger partial charge is 0.480 e. The molecule has 1 aromatic carbocycles. The number of benzene rings is 1. The monoisotopic (exact) mass is 597 g/mol. The van der Waals surface area contributed by atoms with Crippen LogP contribution in [0.25, 0.3) is 0 Å². The fourth-order valence-electron chi connectivity index (χ4n) is 3.80. The van der Waals surface area contributed by atoms with Crippen molar-refractivity contribution in [1.82, 2.24) is 0 Å². The summed E-state index contributed by atoms with van der Waals surface area (Å²) < 4.78 is 31.1. The Morgan fingerprint density at radius 3 is 1.81 bits per heavy atom. The van der Waals surface area contributed by atoms with Gasteiger partial charge in [-0.25, -0.2) is 14.4 Å². The first-order valence-corrected chi connectivity index (χ1v) is 14.4. The van der Waals surface area contributed by atoms with Crippen molar-refractivity contribution in [3.63, 3.8) is 0 Å². The first-order valence-electron chi connectivity index (χ1n) is 14.4. The highest BCUT2D eigenvalue weighted by atomic mass is 16.7. The highest BCUT2D eigenvalue weighted by Gasteiger charge is 2.37. The quantitative estimate of drug-likeness (QED) is 0.118. The van der Waals surface area contributed by atoms with Crippen LogP contribution in [-0.2, 0) is 30.2 Å². The molecular weight excluding hydrogens is 550 g/mol. The Bertz CT molecular complexity index is 1030. The molecule has 0 aliphatic heterocycles. The van der Waals surface area contributed by atoms with Gasteiger partial charge in [0.05, 0.1) is 13.2 Å². The summed E-state index contributed by atoms with van der Waals surface area (Å²) >= 11 is 0. The molecule has 0 aromatic heterocycles. The first-order chi connectivity index (χ1) is 19.6. The molecule has 2 unspecified atom stereocenters. The van der Waals surface area contributed by atoms with Crippen molar-refractivity contribution >= 4 is 24.4 Å². The Kier molecular flexibility index (Phi) is 15.7. The molecule has 42 heavy (non-hydrogen) atoms. The van der Waals surface area contributed by atoms with E-state index in [9.17, 15) is 24.3 Å². The van der Waals surface area contributed by atoms with Gasteiger partial charge in [0.15, 0.2) is 11.5 Å². The molecule has 1 rings (SSSR count). The lowest BCUT2D eigenvalue weighted by Gasteiger charge is -2.28. The van der Waals surface area contributed by atoms with Crippen molar-refractivity contribution in [2.45, 2.75) is 105 Å². The number of carbonyl (C=O) groups excluding carboxylic acids is 3. The van der Waals surface area contributed by atoms with Gasteiger partial charge in [0.1, 0.15) is 17.7 Å². The van der Waals surface area contributed by atoms with Gasteiger partial charge in [-0.15, -0.1) is 0 Å². The Labute approximate surface area is 248 Å². The summed E-state index contributed by atoms with van der Waals surface area (Å²) in [6.45, 7) is 13.4. The Hall–Kier alpha value is -3.54. The third kappa shape index (κ3) is 14.4. The van der Waals surface area contributed by atoms with Crippen LogP contribution in [0.2, 0.25) is 0 Å². The third-order valence-corrected chi connectivity index (χ3v) is 6.11. The number of hydrogen-bond donors (Lipinski definition) is 2. The molecule has 0 radical (unpaired) electrons. The van der Waals surface area contributed by atoms with E-state index in [0.717, 1.165) is 6.42 Å². The SMILES string of the molecule is CCCC(C)OC(=O)O[C@@H](C)CC(N)(Cc1ccc(OC(=O)OCCC(C)C)c(OC(=O)OCCC(C)C)c1)C(=O)O. The molecule has 3 atom stereocenters. The van der Waals surface area contributed by atoms with Crippen molar-refractivity contribution in [3.8, 4) is 11.5 Å². The van der Waals surface area contributed by atoms with Crippen LogP contribution in [0.3, 0.4) is 0 Å². The van der Waals surface area contributed by atoms with E-state index < -0.39 is 36.1 Å². The molecule has 1 aromatic rings. The Morgan fingerprint density at radius 1 is 0.786 bits per heavy atom. The molecule has 0 amide bonds. The van der Waals surface area contributed by atoms with E-state index in [2.05, 4.69) is 0 Å². The van der Waals surface area contributed by atoms with Crippen molar-refractivity contribution in [1.29, 1.82) is 0 Å². The number of aliphatic carboxylic acids is 1. The summed E-state index contributed by atoms with van der Waals surface area (Å²) in [5.74, 6) is -1.05. The topological polar surface area (TPSA) is 170 Å². The zero-order valence-corrected chi connectivity index (χ0v) is 25.8. The average molecular weight is 598 g/mol. The predicted molar refractivity (Wildman–Crippen MR) is 154 cm³/mol. The summed E-state index contributed by atoms with van der Waals surface area (Å²) in [4.78, 5) is 48.9. The van der Waals surface area contributed by atoms with Crippen molar-refractivity contribution in [2.24, 2.45) is 17.6 Å². The van der Waals surface area contributed by atoms with Crippen LogP contribution in [0.15, 0.2) is 18.2 Å². The van der Waals surface area contributed by atoms with E-state index in [1.165, 1.54) is 25.1 Å². The number of nitrogens with two attached hydrogens (primary N) is 1. The molecular formula is C30H47NO11. The van der Waals surface area contributed by atoms with Gasteiger partial charge in [-0.2, -0.15) is 0 Å². The number of carboxylic acids is 1. The van der Waals surface area contributed by atoms with Gasteiger partial charge >= 0.3 is 24.4 Å². The van der Waals surface area contributed by atoms with E-state index in [0.29, 0.717) is 36.7 Å². The number of carboxylic acid groups (broad SMARTS) is 1. The zero-order valence-electron chi connectivity index (χ0n) is 25.8. The molecule has 0 spiro atoms. The molecule has 12 nitrogen and oxygen atoms in total. The van der Waals surface area contributed by atoms with Gasteiger partial charge in [0.25, 0.3) is 0 Å². The molecule has 0 saturated heterocycles. The van der Waals surface area contributed by atoms with Crippen LogP contribution in [-0.4, -0.2) is 60.5 Å². The van der Waals surface area contributed by atoms with Crippen LogP contribution >= 0.6 is 0 Å². The highest BCUT2D eigenvalue weighted by molar-refractivity contribution is 5.79. The summed E-state index contributed by atoms with van der Waals surface area (Å²) in [7, 11) is 0. The van der Waals surface area contributed by atoms with Crippen molar-refractivity contribution in [3.05, 3.63) is 23.8 Å². The van der Waals surface area contributed by atoms with Gasteiger partial charge in [0, 0.05) is 12.8 Å². The number of ether oxygens (including phenoxy) is 6. The minimum absolute atomic E-state index is 0.117. The average Bonchev–Trinajstić information content (AvgIpc) is 2.84. The fraction of sp³-hybridized carbons (Fsp3) is 0.667. The molecule has 3 N–H and O–H groups in total. The largest absolute Gasteiger partial charge is 0.513 e. The molecule has 0 aliphatic carbocycles. The molecule has 0 bridgehead atoms. The number of hydrogen-bond acceptors (Lipinski definition) is 11. The van der Waals surface area contributed by atoms with Crippen LogP contribution in [0.4, 0.5) is 14.4 Å². The molecule has 238 valence electrons. The van der Waals surface area contributed by atoms with E-state index >= 15 is 0 Å². The second kappa shape index (κ2) is 18.1.